The molecule has 1 amide bonds. The lowest BCUT2D eigenvalue weighted by atomic mass is 10.0. The molecule has 0 spiro atoms. The second kappa shape index (κ2) is 7.02. The zero-order valence-corrected chi connectivity index (χ0v) is 12.3. The highest BCUT2D eigenvalue weighted by Gasteiger charge is 2.10. The molecule has 0 fully saturated rings. The van der Waals surface area contributed by atoms with E-state index in [-0.39, 0.29) is 11.7 Å². The van der Waals surface area contributed by atoms with Crippen LogP contribution in [0.25, 0.3) is 5.69 Å². The first-order valence-corrected chi connectivity index (χ1v) is 7.20. The van der Waals surface area contributed by atoms with Crippen LogP contribution in [0.2, 0.25) is 0 Å². The van der Waals surface area contributed by atoms with Crippen LogP contribution in [0.5, 0.6) is 0 Å². The average Bonchev–Trinajstić information content (AvgIpc) is 2.87. The summed E-state index contributed by atoms with van der Waals surface area (Å²) in [5, 5.41) is 7.00. The summed E-state index contributed by atoms with van der Waals surface area (Å²) in [6.45, 7) is 4.17. The Morgan fingerprint density at radius 3 is 2.95 bits per heavy atom. The molecule has 2 rings (SSSR count). The van der Waals surface area contributed by atoms with E-state index in [4.69, 9.17) is 0 Å². The largest absolute Gasteiger partial charge is 0.309 e. The summed E-state index contributed by atoms with van der Waals surface area (Å²) in [5.41, 5.74) is 0.620. The maximum absolute atomic E-state index is 13.2. The van der Waals surface area contributed by atoms with Crippen LogP contribution in [0.1, 0.15) is 33.1 Å². The fourth-order valence-electron chi connectivity index (χ4n) is 2.26. The molecule has 0 bridgehead atoms. The molecule has 1 heterocycles. The van der Waals surface area contributed by atoms with Crippen LogP contribution in [0.15, 0.2) is 36.5 Å². The number of carbonyl (C=O) groups is 1. The summed E-state index contributed by atoms with van der Waals surface area (Å²) in [4.78, 5) is 11.9. The van der Waals surface area contributed by atoms with Gasteiger partial charge < -0.3 is 5.32 Å². The first kappa shape index (κ1) is 15.2. The van der Waals surface area contributed by atoms with Gasteiger partial charge in [-0.1, -0.05) is 32.8 Å². The highest BCUT2D eigenvalue weighted by molar-refractivity contribution is 5.89. The Balaban J connectivity index is 1.99. The van der Waals surface area contributed by atoms with Crippen molar-refractivity contribution in [2.24, 2.45) is 5.92 Å². The van der Waals surface area contributed by atoms with E-state index in [1.165, 1.54) is 16.8 Å². The summed E-state index contributed by atoms with van der Waals surface area (Å²) in [7, 11) is 0. The first-order valence-electron chi connectivity index (χ1n) is 7.20. The molecular formula is C16H20FN3O. The van der Waals surface area contributed by atoms with E-state index in [1.807, 2.05) is 0 Å². The van der Waals surface area contributed by atoms with E-state index in [1.54, 1.807) is 24.4 Å². The Hall–Kier alpha value is -2.17. The molecule has 1 aromatic heterocycles. The van der Waals surface area contributed by atoms with Crippen LogP contribution in [0.3, 0.4) is 0 Å². The predicted octanol–water partition coefficient (Wildman–Crippen LogP) is 3.78. The van der Waals surface area contributed by atoms with Crippen LogP contribution in [-0.2, 0) is 4.79 Å². The van der Waals surface area contributed by atoms with Crippen molar-refractivity contribution in [3.63, 3.8) is 0 Å². The number of benzene rings is 1. The number of rotatable bonds is 6. The van der Waals surface area contributed by atoms with Gasteiger partial charge in [0.2, 0.25) is 5.91 Å². The molecular weight excluding hydrogens is 269 g/mol. The SMILES string of the molecule is CCC[C@H](C)CC(=O)Nc1ccn(-c2cccc(F)c2)n1. The third kappa shape index (κ3) is 4.41. The summed E-state index contributed by atoms with van der Waals surface area (Å²) in [6, 6.07) is 7.85. The van der Waals surface area contributed by atoms with Gasteiger partial charge in [-0.15, -0.1) is 0 Å². The Morgan fingerprint density at radius 2 is 2.24 bits per heavy atom. The molecule has 0 unspecified atom stereocenters. The molecule has 1 N–H and O–H groups in total. The molecule has 0 saturated heterocycles. The minimum Gasteiger partial charge on any atom is -0.309 e. The van der Waals surface area contributed by atoms with Crippen molar-refractivity contribution in [2.75, 3.05) is 5.32 Å². The molecule has 0 saturated carbocycles. The highest BCUT2D eigenvalue weighted by Crippen LogP contribution is 2.14. The van der Waals surface area contributed by atoms with Crippen LogP contribution < -0.4 is 5.32 Å². The molecule has 0 aliphatic carbocycles. The standard InChI is InChI=1S/C16H20FN3O/c1-3-5-12(2)10-16(21)18-15-8-9-20(19-15)14-7-4-6-13(17)11-14/h4,6-9,11-12H,3,5,10H2,1-2H3,(H,18,19,21)/t12-/m0/s1. The summed E-state index contributed by atoms with van der Waals surface area (Å²) < 4.78 is 14.7. The van der Waals surface area contributed by atoms with Crippen molar-refractivity contribution < 1.29 is 9.18 Å². The maximum atomic E-state index is 13.2. The first-order chi connectivity index (χ1) is 10.1. The van der Waals surface area contributed by atoms with E-state index < -0.39 is 0 Å². The number of hydrogen-bond acceptors (Lipinski definition) is 2. The van der Waals surface area contributed by atoms with Gasteiger partial charge in [-0.3, -0.25) is 4.79 Å². The van der Waals surface area contributed by atoms with Gasteiger partial charge in [-0.25, -0.2) is 9.07 Å². The van der Waals surface area contributed by atoms with Crippen molar-refractivity contribution >= 4 is 11.7 Å². The molecule has 1 aromatic carbocycles. The number of carbonyl (C=O) groups excluding carboxylic acids is 1. The monoisotopic (exact) mass is 289 g/mol. The normalized spacial score (nSPS) is 12.1. The Morgan fingerprint density at radius 1 is 1.43 bits per heavy atom. The predicted molar refractivity (Wildman–Crippen MR) is 80.8 cm³/mol. The smallest absolute Gasteiger partial charge is 0.225 e. The molecule has 0 radical (unpaired) electrons. The lowest BCUT2D eigenvalue weighted by Gasteiger charge is -2.08. The van der Waals surface area contributed by atoms with Crippen molar-refractivity contribution in [3.8, 4) is 5.69 Å². The van der Waals surface area contributed by atoms with Gasteiger partial charge in [-0.05, 0) is 24.1 Å². The molecule has 4 nitrogen and oxygen atoms in total. The fourth-order valence-corrected chi connectivity index (χ4v) is 2.26. The lowest BCUT2D eigenvalue weighted by Crippen LogP contribution is -2.15. The highest BCUT2D eigenvalue weighted by atomic mass is 19.1. The van der Waals surface area contributed by atoms with Crippen LogP contribution in [0.4, 0.5) is 10.2 Å². The maximum Gasteiger partial charge on any atom is 0.225 e. The summed E-state index contributed by atoms with van der Waals surface area (Å²) in [6.07, 6.45) is 4.29. The Bertz CT molecular complexity index is 609. The second-order valence-corrected chi connectivity index (χ2v) is 5.27. The number of aromatic nitrogens is 2. The molecule has 5 heteroatoms. The quantitative estimate of drug-likeness (QED) is 0.879. The van der Waals surface area contributed by atoms with Gasteiger partial charge in [-0.2, -0.15) is 5.10 Å². The van der Waals surface area contributed by atoms with Gasteiger partial charge in [0.05, 0.1) is 5.69 Å². The van der Waals surface area contributed by atoms with Gasteiger partial charge in [0.1, 0.15) is 5.82 Å². The molecule has 112 valence electrons. The zero-order chi connectivity index (χ0) is 15.2. The van der Waals surface area contributed by atoms with E-state index in [0.29, 0.717) is 23.8 Å². The third-order valence-electron chi connectivity index (χ3n) is 3.24. The van der Waals surface area contributed by atoms with E-state index in [2.05, 4.69) is 24.3 Å². The second-order valence-electron chi connectivity index (χ2n) is 5.27. The summed E-state index contributed by atoms with van der Waals surface area (Å²) in [5.74, 6) is 0.482. The number of hydrogen-bond donors (Lipinski definition) is 1. The van der Waals surface area contributed by atoms with Crippen LogP contribution in [-0.4, -0.2) is 15.7 Å². The number of halogens is 1. The van der Waals surface area contributed by atoms with E-state index >= 15 is 0 Å². The Kier molecular flexibility index (Phi) is 5.09. The third-order valence-corrected chi connectivity index (χ3v) is 3.24. The van der Waals surface area contributed by atoms with E-state index in [0.717, 1.165) is 12.8 Å². The van der Waals surface area contributed by atoms with Gasteiger partial charge in [0.15, 0.2) is 5.82 Å². The number of amides is 1. The Labute approximate surface area is 124 Å². The van der Waals surface area contributed by atoms with Gasteiger partial charge in [0, 0.05) is 18.7 Å². The number of anilines is 1. The average molecular weight is 289 g/mol. The number of nitrogens with zero attached hydrogens (tertiary/aromatic N) is 2. The summed E-state index contributed by atoms with van der Waals surface area (Å²) >= 11 is 0. The topological polar surface area (TPSA) is 46.9 Å². The van der Waals surface area contributed by atoms with Gasteiger partial charge in [0.25, 0.3) is 0 Å². The van der Waals surface area contributed by atoms with Crippen LogP contribution in [0, 0.1) is 11.7 Å². The molecule has 21 heavy (non-hydrogen) atoms. The van der Waals surface area contributed by atoms with Crippen molar-refractivity contribution in [2.45, 2.75) is 33.1 Å². The van der Waals surface area contributed by atoms with Crippen molar-refractivity contribution in [3.05, 3.63) is 42.3 Å². The van der Waals surface area contributed by atoms with Gasteiger partial charge >= 0.3 is 0 Å². The van der Waals surface area contributed by atoms with Crippen LogP contribution >= 0.6 is 0 Å². The molecule has 1 atom stereocenters. The lowest BCUT2D eigenvalue weighted by molar-refractivity contribution is -0.117. The fraction of sp³-hybridized carbons (Fsp3) is 0.375. The van der Waals surface area contributed by atoms with Crippen molar-refractivity contribution in [1.29, 1.82) is 0 Å². The zero-order valence-electron chi connectivity index (χ0n) is 12.3. The molecule has 2 aromatic rings. The minimum atomic E-state index is -0.318. The van der Waals surface area contributed by atoms with Crippen molar-refractivity contribution in [1.82, 2.24) is 9.78 Å². The molecule has 0 aliphatic rings. The molecule has 0 aliphatic heterocycles. The number of nitrogens with one attached hydrogen (secondary N) is 1. The minimum absolute atomic E-state index is 0.0413. The van der Waals surface area contributed by atoms with E-state index in [9.17, 15) is 9.18 Å².